The molecule has 3 nitrogen and oxygen atoms in total. The fourth-order valence-electron chi connectivity index (χ4n) is 1.46. The van der Waals surface area contributed by atoms with Crippen LogP contribution in [0.1, 0.15) is 24.1 Å². The number of aromatic nitrogens is 1. The van der Waals surface area contributed by atoms with Crippen molar-refractivity contribution in [3.05, 3.63) is 41.8 Å². The van der Waals surface area contributed by atoms with Crippen molar-refractivity contribution in [2.24, 2.45) is 5.73 Å². The normalized spacial score (nSPS) is 12.7. The van der Waals surface area contributed by atoms with E-state index >= 15 is 0 Å². The molecule has 0 spiro atoms. The van der Waals surface area contributed by atoms with E-state index < -0.39 is 0 Å². The number of hydrogen-bond donors (Lipinski definition) is 1. The van der Waals surface area contributed by atoms with Gasteiger partial charge in [0, 0.05) is 18.0 Å². The highest BCUT2D eigenvalue weighted by atomic mass is 16.3. The summed E-state index contributed by atoms with van der Waals surface area (Å²) in [5.74, 6) is 0.901. The van der Waals surface area contributed by atoms with Crippen molar-refractivity contribution in [2.45, 2.75) is 19.8 Å². The largest absolute Gasteiger partial charge is 0.444 e. The monoisotopic (exact) mass is 216 g/mol. The van der Waals surface area contributed by atoms with Crippen LogP contribution >= 0.6 is 0 Å². The van der Waals surface area contributed by atoms with Crippen molar-refractivity contribution < 1.29 is 4.42 Å². The Morgan fingerprint density at radius 2 is 2.00 bits per heavy atom. The lowest BCUT2D eigenvalue weighted by Crippen LogP contribution is -2.08. The maximum Gasteiger partial charge on any atom is 0.226 e. The van der Waals surface area contributed by atoms with Crippen LogP contribution in [0.15, 0.2) is 34.9 Å². The van der Waals surface area contributed by atoms with Gasteiger partial charge in [-0.15, -0.1) is 0 Å². The first kappa shape index (κ1) is 10.9. The molecule has 1 aromatic carbocycles. The second kappa shape index (κ2) is 4.49. The topological polar surface area (TPSA) is 52.0 Å². The zero-order valence-electron chi connectivity index (χ0n) is 9.60. The Morgan fingerprint density at radius 1 is 1.31 bits per heavy atom. The van der Waals surface area contributed by atoms with Gasteiger partial charge in [0.15, 0.2) is 0 Å². The van der Waals surface area contributed by atoms with Crippen molar-refractivity contribution in [1.29, 1.82) is 0 Å². The molecule has 2 aromatic rings. The van der Waals surface area contributed by atoms with Crippen LogP contribution in [0.3, 0.4) is 0 Å². The van der Waals surface area contributed by atoms with Gasteiger partial charge in [0.1, 0.15) is 6.26 Å². The molecular weight excluding hydrogens is 200 g/mol. The highest BCUT2D eigenvalue weighted by molar-refractivity contribution is 5.53. The van der Waals surface area contributed by atoms with E-state index in [9.17, 15) is 0 Å². The predicted molar refractivity (Wildman–Crippen MR) is 64.1 cm³/mol. The lowest BCUT2D eigenvalue weighted by Gasteiger charge is -2.01. The van der Waals surface area contributed by atoms with E-state index in [-0.39, 0.29) is 5.92 Å². The number of benzene rings is 1. The Bertz CT molecular complexity index is 459. The molecule has 0 saturated heterocycles. The first-order chi connectivity index (χ1) is 7.70. The lowest BCUT2D eigenvalue weighted by atomic mass is 10.1. The Morgan fingerprint density at radius 3 is 2.62 bits per heavy atom. The van der Waals surface area contributed by atoms with Crippen LogP contribution in [0.25, 0.3) is 11.5 Å². The first-order valence-electron chi connectivity index (χ1n) is 5.43. The summed E-state index contributed by atoms with van der Waals surface area (Å²) in [6.07, 6.45) is 1.69. The van der Waals surface area contributed by atoms with Crippen LogP contribution < -0.4 is 5.73 Å². The molecule has 1 unspecified atom stereocenters. The van der Waals surface area contributed by atoms with Crippen LogP contribution in [0.2, 0.25) is 0 Å². The molecule has 0 aliphatic carbocycles. The van der Waals surface area contributed by atoms with Crippen molar-refractivity contribution >= 4 is 0 Å². The molecule has 0 amide bonds. The second-order valence-electron chi connectivity index (χ2n) is 4.08. The van der Waals surface area contributed by atoms with E-state index in [0.717, 1.165) is 11.3 Å². The molecular formula is C13H16N2O. The van der Waals surface area contributed by atoms with Gasteiger partial charge in [-0.25, -0.2) is 4.98 Å². The standard InChI is InChI=1S/C13H16N2O/c1-9-3-5-11(6-4-9)13-15-12(8-16-13)10(2)7-14/h3-6,8,10H,7,14H2,1-2H3. The Kier molecular flexibility index (Phi) is 3.06. The average Bonchev–Trinajstić information content (AvgIpc) is 2.78. The van der Waals surface area contributed by atoms with Crippen LogP contribution in [-0.4, -0.2) is 11.5 Å². The van der Waals surface area contributed by atoms with E-state index in [4.69, 9.17) is 10.2 Å². The molecule has 3 heteroatoms. The highest BCUT2D eigenvalue weighted by Crippen LogP contribution is 2.22. The van der Waals surface area contributed by atoms with Crippen molar-refractivity contribution in [3.63, 3.8) is 0 Å². The first-order valence-corrected chi connectivity index (χ1v) is 5.43. The summed E-state index contributed by atoms with van der Waals surface area (Å²) in [7, 11) is 0. The zero-order chi connectivity index (χ0) is 11.5. The van der Waals surface area contributed by atoms with E-state index in [1.54, 1.807) is 6.26 Å². The molecule has 1 aromatic heterocycles. The number of hydrogen-bond acceptors (Lipinski definition) is 3. The summed E-state index contributed by atoms with van der Waals surface area (Å²) in [4.78, 5) is 4.43. The van der Waals surface area contributed by atoms with Gasteiger partial charge >= 0.3 is 0 Å². The molecule has 16 heavy (non-hydrogen) atoms. The number of oxazole rings is 1. The molecule has 2 rings (SSSR count). The van der Waals surface area contributed by atoms with Gasteiger partial charge in [0.2, 0.25) is 5.89 Å². The van der Waals surface area contributed by atoms with Gasteiger partial charge in [-0.1, -0.05) is 24.6 Å². The highest BCUT2D eigenvalue weighted by Gasteiger charge is 2.10. The second-order valence-corrected chi connectivity index (χ2v) is 4.08. The third kappa shape index (κ3) is 2.14. The summed E-state index contributed by atoms with van der Waals surface area (Å²) < 4.78 is 5.45. The Balaban J connectivity index is 2.28. The van der Waals surface area contributed by atoms with E-state index in [2.05, 4.69) is 11.9 Å². The lowest BCUT2D eigenvalue weighted by molar-refractivity contribution is 0.570. The summed E-state index contributed by atoms with van der Waals surface area (Å²) in [6, 6.07) is 8.12. The van der Waals surface area contributed by atoms with Crippen LogP contribution in [-0.2, 0) is 0 Å². The van der Waals surface area contributed by atoms with Gasteiger partial charge in [0.25, 0.3) is 0 Å². The fraction of sp³-hybridized carbons (Fsp3) is 0.308. The minimum absolute atomic E-state index is 0.239. The minimum Gasteiger partial charge on any atom is -0.444 e. The summed E-state index contributed by atoms with van der Waals surface area (Å²) >= 11 is 0. The third-order valence-corrected chi connectivity index (χ3v) is 2.68. The number of nitrogens with two attached hydrogens (primary N) is 1. The van der Waals surface area contributed by atoms with Gasteiger partial charge in [0.05, 0.1) is 5.69 Å². The molecule has 0 saturated carbocycles. The maximum absolute atomic E-state index is 5.59. The van der Waals surface area contributed by atoms with Crippen molar-refractivity contribution in [3.8, 4) is 11.5 Å². The summed E-state index contributed by atoms with van der Waals surface area (Å²) in [5.41, 5.74) is 8.73. The Hall–Kier alpha value is -1.61. The zero-order valence-corrected chi connectivity index (χ0v) is 9.60. The number of rotatable bonds is 3. The van der Waals surface area contributed by atoms with Crippen molar-refractivity contribution in [1.82, 2.24) is 4.98 Å². The summed E-state index contributed by atoms with van der Waals surface area (Å²) in [6.45, 7) is 4.68. The van der Waals surface area contributed by atoms with E-state index in [1.165, 1.54) is 5.56 Å². The average molecular weight is 216 g/mol. The smallest absolute Gasteiger partial charge is 0.226 e. The SMILES string of the molecule is Cc1ccc(-c2nc(C(C)CN)co2)cc1. The van der Waals surface area contributed by atoms with Crippen LogP contribution in [0.4, 0.5) is 0 Å². The Labute approximate surface area is 95.3 Å². The molecule has 84 valence electrons. The number of nitrogens with zero attached hydrogens (tertiary/aromatic N) is 1. The molecule has 0 fully saturated rings. The molecule has 1 atom stereocenters. The molecule has 0 bridgehead atoms. The van der Waals surface area contributed by atoms with Crippen LogP contribution in [0.5, 0.6) is 0 Å². The molecule has 2 N–H and O–H groups in total. The fourth-order valence-corrected chi connectivity index (χ4v) is 1.46. The van der Waals surface area contributed by atoms with Gasteiger partial charge in [-0.05, 0) is 19.1 Å². The third-order valence-electron chi connectivity index (χ3n) is 2.68. The van der Waals surface area contributed by atoms with E-state index in [1.807, 2.05) is 31.2 Å². The van der Waals surface area contributed by atoms with E-state index in [0.29, 0.717) is 12.4 Å². The van der Waals surface area contributed by atoms with Gasteiger partial charge < -0.3 is 10.2 Å². The van der Waals surface area contributed by atoms with Gasteiger partial charge in [-0.2, -0.15) is 0 Å². The molecule has 0 aliphatic heterocycles. The van der Waals surface area contributed by atoms with Crippen molar-refractivity contribution in [2.75, 3.05) is 6.54 Å². The predicted octanol–water partition coefficient (Wildman–Crippen LogP) is 2.71. The summed E-state index contributed by atoms with van der Waals surface area (Å²) in [5, 5.41) is 0. The maximum atomic E-state index is 5.59. The van der Waals surface area contributed by atoms with Gasteiger partial charge in [-0.3, -0.25) is 0 Å². The molecule has 1 heterocycles. The minimum atomic E-state index is 0.239. The number of aryl methyl sites for hydroxylation is 1. The molecule has 0 radical (unpaired) electrons. The quantitative estimate of drug-likeness (QED) is 0.858. The molecule has 0 aliphatic rings. The van der Waals surface area contributed by atoms with Crippen LogP contribution in [0, 0.1) is 6.92 Å².